The lowest BCUT2D eigenvalue weighted by Gasteiger charge is -2.13. The highest BCUT2D eigenvalue weighted by Gasteiger charge is 2.04. The van der Waals surface area contributed by atoms with Crippen molar-refractivity contribution in [3.8, 4) is 5.75 Å². The molecule has 104 valence electrons. The quantitative estimate of drug-likeness (QED) is 0.898. The van der Waals surface area contributed by atoms with E-state index in [1.54, 1.807) is 24.3 Å². The van der Waals surface area contributed by atoms with Gasteiger partial charge in [-0.2, -0.15) is 0 Å². The maximum Gasteiger partial charge on any atom is 0.228 e. The molecule has 0 unspecified atom stereocenters. The average molecular weight is 270 g/mol. The van der Waals surface area contributed by atoms with E-state index in [1.807, 2.05) is 43.3 Å². The summed E-state index contributed by atoms with van der Waals surface area (Å²) in [6, 6.07) is 14.3. The van der Waals surface area contributed by atoms with Crippen LogP contribution < -0.4 is 10.2 Å². The van der Waals surface area contributed by atoms with Crippen LogP contribution in [0.5, 0.6) is 5.75 Å². The number of anilines is 2. The molecule has 0 heterocycles. The molecule has 4 heteroatoms. The van der Waals surface area contributed by atoms with E-state index in [0.29, 0.717) is 0 Å². The summed E-state index contributed by atoms with van der Waals surface area (Å²) in [6.45, 7) is 0. The van der Waals surface area contributed by atoms with Crippen molar-refractivity contribution in [1.82, 2.24) is 0 Å². The van der Waals surface area contributed by atoms with Crippen LogP contribution in [0.4, 0.5) is 11.4 Å². The number of rotatable bonds is 4. The summed E-state index contributed by atoms with van der Waals surface area (Å²) in [7, 11) is 3.94. The fraction of sp³-hybridized carbons (Fsp3) is 0.188. The van der Waals surface area contributed by atoms with Gasteiger partial charge in [0.15, 0.2) is 0 Å². The molecule has 0 saturated heterocycles. The molecule has 0 radical (unpaired) electrons. The number of nitrogens with one attached hydrogen (secondary N) is 1. The number of carbonyl (C=O) groups is 1. The summed E-state index contributed by atoms with van der Waals surface area (Å²) in [5, 5.41) is 12.0. The Hall–Kier alpha value is -2.49. The molecule has 0 aliphatic carbocycles. The maximum absolute atomic E-state index is 11.9. The number of phenolic OH excluding ortho intramolecular Hbond substituents is 1. The van der Waals surface area contributed by atoms with Crippen LogP contribution >= 0.6 is 0 Å². The van der Waals surface area contributed by atoms with E-state index in [0.717, 1.165) is 16.9 Å². The molecule has 0 bridgehead atoms. The van der Waals surface area contributed by atoms with Gasteiger partial charge in [-0.15, -0.1) is 0 Å². The third kappa shape index (κ3) is 3.75. The summed E-state index contributed by atoms with van der Waals surface area (Å²) in [6.07, 6.45) is 0.287. The van der Waals surface area contributed by atoms with Gasteiger partial charge in [0, 0.05) is 25.5 Å². The van der Waals surface area contributed by atoms with Crippen molar-refractivity contribution in [1.29, 1.82) is 0 Å². The number of aromatic hydroxyl groups is 1. The van der Waals surface area contributed by atoms with Crippen LogP contribution in [-0.4, -0.2) is 25.1 Å². The number of benzene rings is 2. The predicted octanol–water partition coefficient (Wildman–Crippen LogP) is 2.64. The van der Waals surface area contributed by atoms with Gasteiger partial charge in [0.25, 0.3) is 0 Å². The topological polar surface area (TPSA) is 52.6 Å². The molecule has 2 N–H and O–H groups in total. The first-order valence-corrected chi connectivity index (χ1v) is 6.40. The Bertz CT molecular complexity index is 574. The zero-order chi connectivity index (χ0) is 14.5. The molecule has 0 aromatic heterocycles. The van der Waals surface area contributed by atoms with Crippen LogP contribution in [0.15, 0.2) is 48.5 Å². The van der Waals surface area contributed by atoms with E-state index in [9.17, 15) is 9.90 Å². The highest BCUT2D eigenvalue weighted by atomic mass is 16.3. The van der Waals surface area contributed by atoms with Crippen LogP contribution in [0.2, 0.25) is 0 Å². The highest BCUT2D eigenvalue weighted by Crippen LogP contribution is 2.16. The molecule has 20 heavy (non-hydrogen) atoms. The Morgan fingerprint density at radius 3 is 2.20 bits per heavy atom. The Balaban J connectivity index is 1.95. The molecule has 0 aliphatic heterocycles. The molecule has 2 aromatic carbocycles. The number of carbonyl (C=O) groups excluding carboxylic acids is 1. The van der Waals surface area contributed by atoms with E-state index < -0.39 is 0 Å². The first-order chi connectivity index (χ1) is 9.54. The molecule has 0 fully saturated rings. The number of phenols is 1. The van der Waals surface area contributed by atoms with Crippen LogP contribution in [-0.2, 0) is 11.2 Å². The second-order valence-corrected chi connectivity index (χ2v) is 4.83. The fourth-order valence-corrected chi connectivity index (χ4v) is 1.85. The van der Waals surface area contributed by atoms with Crippen LogP contribution in [0.25, 0.3) is 0 Å². The third-order valence-corrected chi connectivity index (χ3v) is 2.97. The Morgan fingerprint density at radius 2 is 1.65 bits per heavy atom. The zero-order valence-corrected chi connectivity index (χ0v) is 11.6. The predicted molar refractivity (Wildman–Crippen MR) is 81.2 cm³/mol. The van der Waals surface area contributed by atoms with Crippen molar-refractivity contribution < 1.29 is 9.90 Å². The molecule has 0 atom stereocenters. The largest absolute Gasteiger partial charge is 0.508 e. The van der Waals surface area contributed by atoms with Gasteiger partial charge in [-0.25, -0.2) is 0 Å². The summed E-state index contributed by atoms with van der Waals surface area (Å²) in [4.78, 5) is 13.9. The van der Waals surface area contributed by atoms with Gasteiger partial charge in [0.1, 0.15) is 5.75 Å². The molecular weight excluding hydrogens is 252 g/mol. The Morgan fingerprint density at radius 1 is 1.05 bits per heavy atom. The summed E-state index contributed by atoms with van der Waals surface area (Å²) >= 11 is 0. The van der Waals surface area contributed by atoms with E-state index in [2.05, 4.69) is 5.32 Å². The minimum Gasteiger partial charge on any atom is -0.508 e. The zero-order valence-electron chi connectivity index (χ0n) is 11.6. The molecule has 2 rings (SSSR count). The van der Waals surface area contributed by atoms with Crippen molar-refractivity contribution in [2.75, 3.05) is 24.3 Å². The molecule has 2 aromatic rings. The van der Waals surface area contributed by atoms with Crippen molar-refractivity contribution in [2.24, 2.45) is 0 Å². The van der Waals surface area contributed by atoms with Gasteiger partial charge in [0.05, 0.1) is 6.42 Å². The summed E-state index contributed by atoms with van der Waals surface area (Å²) < 4.78 is 0. The minimum absolute atomic E-state index is 0.0757. The first kappa shape index (κ1) is 13.9. The number of nitrogens with zero attached hydrogens (tertiary/aromatic N) is 1. The van der Waals surface area contributed by atoms with Crippen molar-refractivity contribution in [2.45, 2.75) is 6.42 Å². The SMILES string of the molecule is CN(C)c1ccc(NC(=O)Cc2ccc(O)cc2)cc1. The van der Waals surface area contributed by atoms with Crippen molar-refractivity contribution in [3.63, 3.8) is 0 Å². The molecule has 0 spiro atoms. The lowest BCUT2D eigenvalue weighted by atomic mass is 10.1. The normalized spacial score (nSPS) is 10.1. The lowest BCUT2D eigenvalue weighted by molar-refractivity contribution is -0.115. The Labute approximate surface area is 118 Å². The van der Waals surface area contributed by atoms with E-state index >= 15 is 0 Å². The second-order valence-electron chi connectivity index (χ2n) is 4.83. The first-order valence-electron chi connectivity index (χ1n) is 6.40. The van der Waals surface area contributed by atoms with Gasteiger partial charge in [-0.1, -0.05) is 12.1 Å². The second kappa shape index (κ2) is 6.10. The Kier molecular flexibility index (Phi) is 4.25. The number of amides is 1. The van der Waals surface area contributed by atoms with Crippen LogP contribution in [0.1, 0.15) is 5.56 Å². The standard InChI is InChI=1S/C16H18N2O2/c1-18(2)14-7-5-13(6-8-14)17-16(20)11-12-3-9-15(19)10-4-12/h3-10,19H,11H2,1-2H3,(H,17,20). The third-order valence-electron chi connectivity index (χ3n) is 2.97. The van der Waals surface area contributed by atoms with Crippen molar-refractivity contribution in [3.05, 3.63) is 54.1 Å². The summed E-state index contributed by atoms with van der Waals surface area (Å²) in [5.74, 6) is 0.127. The fourth-order valence-electron chi connectivity index (χ4n) is 1.85. The molecular formula is C16H18N2O2. The van der Waals surface area contributed by atoms with Crippen molar-refractivity contribution >= 4 is 17.3 Å². The van der Waals surface area contributed by atoms with E-state index in [-0.39, 0.29) is 18.1 Å². The monoisotopic (exact) mass is 270 g/mol. The van der Waals surface area contributed by atoms with Gasteiger partial charge in [-0.3, -0.25) is 4.79 Å². The van der Waals surface area contributed by atoms with Gasteiger partial charge in [0.2, 0.25) is 5.91 Å². The molecule has 1 amide bonds. The number of hydrogen-bond acceptors (Lipinski definition) is 3. The van der Waals surface area contributed by atoms with Crippen LogP contribution in [0, 0.1) is 0 Å². The lowest BCUT2D eigenvalue weighted by Crippen LogP contribution is -2.14. The van der Waals surface area contributed by atoms with Gasteiger partial charge < -0.3 is 15.3 Å². The molecule has 0 saturated carbocycles. The van der Waals surface area contributed by atoms with Gasteiger partial charge >= 0.3 is 0 Å². The van der Waals surface area contributed by atoms with Gasteiger partial charge in [-0.05, 0) is 42.0 Å². The average Bonchev–Trinajstić information content (AvgIpc) is 2.42. The van der Waals surface area contributed by atoms with E-state index in [1.165, 1.54) is 0 Å². The molecule has 4 nitrogen and oxygen atoms in total. The maximum atomic E-state index is 11.9. The van der Waals surface area contributed by atoms with E-state index in [4.69, 9.17) is 0 Å². The van der Waals surface area contributed by atoms with Crippen LogP contribution in [0.3, 0.4) is 0 Å². The number of hydrogen-bond donors (Lipinski definition) is 2. The minimum atomic E-state index is -0.0757. The molecule has 0 aliphatic rings. The smallest absolute Gasteiger partial charge is 0.228 e. The highest BCUT2D eigenvalue weighted by molar-refractivity contribution is 5.92. The summed E-state index contributed by atoms with van der Waals surface area (Å²) in [5.41, 5.74) is 2.73.